The number of carboxylic acids is 1. The summed E-state index contributed by atoms with van der Waals surface area (Å²) in [6.07, 6.45) is 0.737. The van der Waals surface area contributed by atoms with E-state index in [1.54, 1.807) is 6.92 Å². The van der Waals surface area contributed by atoms with Gasteiger partial charge in [0.2, 0.25) is 10.0 Å². The first-order valence-electron chi connectivity index (χ1n) is 6.40. The van der Waals surface area contributed by atoms with E-state index in [1.807, 2.05) is 0 Å². The third kappa shape index (κ3) is 3.22. The number of rotatable bonds is 5. The number of carbonyl (C=O) groups is 2. The van der Waals surface area contributed by atoms with E-state index in [4.69, 9.17) is 5.11 Å². The molecule has 1 aromatic rings. The topological polar surface area (TPSA) is 110 Å². The van der Waals surface area contributed by atoms with Gasteiger partial charge >= 0.3 is 11.9 Å². The van der Waals surface area contributed by atoms with Crippen LogP contribution in [0.4, 0.5) is 0 Å². The van der Waals surface area contributed by atoms with Crippen molar-refractivity contribution in [3.05, 3.63) is 29.3 Å². The first-order chi connectivity index (χ1) is 9.85. The van der Waals surface area contributed by atoms with Crippen LogP contribution in [0.1, 0.15) is 29.3 Å². The smallest absolute Gasteiger partial charge is 0.336 e. The second kappa shape index (κ2) is 5.82. The van der Waals surface area contributed by atoms with E-state index in [2.05, 4.69) is 9.46 Å². The quantitative estimate of drug-likeness (QED) is 0.768. The van der Waals surface area contributed by atoms with Crippen molar-refractivity contribution in [2.24, 2.45) is 0 Å². The van der Waals surface area contributed by atoms with Gasteiger partial charge in [-0.2, -0.15) is 4.72 Å². The molecule has 0 amide bonds. The van der Waals surface area contributed by atoms with Crippen LogP contribution < -0.4 is 4.72 Å². The lowest BCUT2D eigenvalue weighted by Gasteiger charge is -2.11. The Morgan fingerprint density at radius 2 is 2.19 bits per heavy atom. The van der Waals surface area contributed by atoms with Crippen LogP contribution in [0.25, 0.3) is 0 Å². The van der Waals surface area contributed by atoms with Crippen LogP contribution in [0, 0.1) is 0 Å². The molecular formula is C13H15NO6S. The van der Waals surface area contributed by atoms with Crippen molar-refractivity contribution in [3.8, 4) is 0 Å². The summed E-state index contributed by atoms with van der Waals surface area (Å²) < 4.78 is 31.3. The predicted molar refractivity (Wildman–Crippen MR) is 72.5 cm³/mol. The van der Waals surface area contributed by atoms with Gasteiger partial charge in [0.05, 0.1) is 17.1 Å². The predicted octanol–water partition coefficient (Wildman–Crippen LogP) is 0.541. The number of aryl methyl sites for hydroxylation is 1. The van der Waals surface area contributed by atoms with Gasteiger partial charge in [-0.05, 0) is 24.1 Å². The lowest BCUT2D eigenvalue weighted by molar-refractivity contribution is -0.139. The Hall–Kier alpha value is -1.93. The molecule has 8 heteroatoms. The van der Waals surface area contributed by atoms with Gasteiger partial charge in [0.15, 0.2) is 0 Å². The zero-order valence-corrected chi connectivity index (χ0v) is 12.1. The Labute approximate surface area is 122 Å². The van der Waals surface area contributed by atoms with Gasteiger partial charge in [-0.1, -0.05) is 13.0 Å². The Morgan fingerprint density at radius 1 is 1.48 bits per heavy atom. The highest BCUT2D eigenvalue weighted by Gasteiger charge is 2.31. The van der Waals surface area contributed by atoms with Crippen LogP contribution in [0.5, 0.6) is 0 Å². The van der Waals surface area contributed by atoms with Gasteiger partial charge in [-0.3, -0.25) is 4.79 Å². The molecule has 7 nitrogen and oxygen atoms in total. The summed E-state index contributed by atoms with van der Waals surface area (Å²) in [7, 11) is -3.97. The van der Waals surface area contributed by atoms with E-state index in [-0.39, 0.29) is 23.5 Å². The fourth-order valence-corrected chi connectivity index (χ4v) is 3.33. The van der Waals surface area contributed by atoms with E-state index in [0.717, 1.165) is 6.07 Å². The molecule has 1 fully saturated rings. The summed E-state index contributed by atoms with van der Waals surface area (Å²) in [5, 5.41) is 9.12. The molecule has 2 rings (SSSR count). The summed E-state index contributed by atoms with van der Waals surface area (Å²) in [6, 6.07) is 2.97. The molecule has 2 N–H and O–H groups in total. The summed E-state index contributed by atoms with van der Waals surface area (Å²) in [5.74, 6) is -1.81. The van der Waals surface area contributed by atoms with Crippen LogP contribution in [0.2, 0.25) is 0 Å². The van der Waals surface area contributed by atoms with Crippen molar-refractivity contribution >= 4 is 22.0 Å². The third-order valence-electron chi connectivity index (χ3n) is 3.24. The summed E-state index contributed by atoms with van der Waals surface area (Å²) in [4.78, 5) is 22.3. The lowest BCUT2D eigenvalue weighted by atomic mass is 10.1. The second-order valence-electron chi connectivity index (χ2n) is 4.61. The van der Waals surface area contributed by atoms with Crippen molar-refractivity contribution in [1.29, 1.82) is 0 Å². The standard InChI is InChI=1S/C13H15NO6S/c1-2-8-3-4-9(7-10(8)12(15)16)21(18,19)14-11-5-6-20-13(11)17/h3-4,7,11,14H,2,5-6H2,1H3,(H,15,16). The molecule has 0 radical (unpaired) electrons. The molecule has 0 spiro atoms. The number of benzene rings is 1. The number of carboxylic acid groups (broad SMARTS) is 1. The third-order valence-corrected chi connectivity index (χ3v) is 4.71. The van der Waals surface area contributed by atoms with Gasteiger partial charge < -0.3 is 9.84 Å². The molecule has 0 bridgehead atoms. The molecule has 1 aromatic carbocycles. The molecule has 1 saturated heterocycles. The normalized spacial score (nSPS) is 18.5. The molecule has 1 heterocycles. The number of esters is 1. The Balaban J connectivity index is 2.34. The largest absolute Gasteiger partial charge is 0.478 e. The molecule has 114 valence electrons. The highest BCUT2D eigenvalue weighted by Crippen LogP contribution is 2.18. The first-order valence-corrected chi connectivity index (χ1v) is 7.88. The summed E-state index contributed by atoms with van der Waals surface area (Å²) in [5.41, 5.74) is 0.482. The molecule has 1 aliphatic rings. The molecule has 21 heavy (non-hydrogen) atoms. The maximum absolute atomic E-state index is 12.2. The minimum atomic E-state index is -3.97. The summed E-state index contributed by atoms with van der Waals surface area (Å²) in [6.45, 7) is 1.95. The number of nitrogens with one attached hydrogen (secondary N) is 1. The maximum atomic E-state index is 12.2. The zero-order chi connectivity index (χ0) is 15.6. The highest BCUT2D eigenvalue weighted by molar-refractivity contribution is 7.89. The lowest BCUT2D eigenvalue weighted by Crippen LogP contribution is -2.37. The average Bonchev–Trinajstić information content (AvgIpc) is 2.82. The van der Waals surface area contributed by atoms with Crippen LogP contribution in [0.15, 0.2) is 23.1 Å². The van der Waals surface area contributed by atoms with Gasteiger partial charge in [0.25, 0.3) is 0 Å². The molecule has 0 aromatic heterocycles. The van der Waals surface area contributed by atoms with E-state index in [1.165, 1.54) is 12.1 Å². The van der Waals surface area contributed by atoms with Gasteiger partial charge in [-0.25, -0.2) is 13.2 Å². The number of hydrogen-bond donors (Lipinski definition) is 2. The highest BCUT2D eigenvalue weighted by atomic mass is 32.2. The number of sulfonamides is 1. The zero-order valence-electron chi connectivity index (χ0n) is 11.3. The Morgan fingerprint density at radius 3 is 2.71 bits per heavy atom. The summed E-state index contributed by atoms with van der Waals surface area (Å²) >= 11 is 0. The van der Waals surface area contributed by atoms with E-state index < -0.39 is 28.0 Å². The van der Waals surface area contributed by atoms with Gasteiger partial charge in [0, 0.05) is 6.42 Å². The number of ether oxygens (including phenoxy) is 1. The second-order valence-corrected chi connectivity index (χ2v) is 6.32. The number of hydrogen-bond acceptors (Lipinski definition) is 5. The van der Waals surface area contributed by atoms with E-state index in [0.29, 0.717) is 12.0 Å². The maximum Gasteiger partial charge on any atom is 0.336 e. The van der Waals surface area contributed by atoms with Crippen molar-refractivity contribution in [1.82, 2.24) is 4.72 Å². The number of carbonyl (C=O) groups excluding carboxylic acids is 1. The van der Waals surface area contributed by atoms with Crippen molar-refractivity contribution in [2.45, 2.75) is 30.7 Å². The fourth-order valence-electron chi connectivity index (χ4n) is 2.09. The molecule has 0 aliphatic carbocycles. The van der Waals surface area contributed by atoms with Crippen LogP contribution in [0.3, 0.4) is 0 Å². The minimum absolute atomic E-state index is 0.0608. The molecular weight excluding hydrogens is 298 g/mol. The Kier molecular flexibility index (Phi) is 4.29. The molecule has 1 unspecified atom stereocenters. The Bertz CT molecular complexity index is 682. The van der Waals surface area contributed by atoms with Gasteiger partial charge in [0.1, 0.15) is 6.04 Å². The number of aromatic carboxylic acids is 1. The van der Waals surface area contributed by atoms with Crippen LogP contribution >= 0.6 is 0 Å². The van der Waals surface area contributed by atoms with Crippen molar-refractivity contribution in [3.63, 3.8) is 0 Å². The number of cyclic esters (lactones) is 1. The SMILES string of the molecule is CCc1ccc(S(=O)(=O)NC2CCOC2=O)cc1C(=O)O. The molecule has 0 saturated carbocycles. The van der Waals surface area contributed by atoms with Crippen molar-refractivity contribution in [2.75, 3.05) is 6.61 Å². The molecule has 1 aliphatic heterocycles. The van der Waals surface area contributed by atoms with E-state index >= 15 is 0 Å². The first kappa shape index (κ1) is 15.5. The molecule has 1 atom stereocenters. The minimum Gasteiger partial charge on any atom is -0.478 e. The van der Waals surface area contributed by atoms with E-state index in [9.17, 15) is 18.0 Å². The average molecular weight is 313 g/mol. The van der Waals surface area contributed by atoms with Gasteiger partial charge in [-0.15, -0.1) is 0 Å². The monoisotopic (exact) mass is 313 g/mol. The van der Waals surface area contributed by atoms with Crippen molar-refractivity contribution < 1.29 is 27.9 Å². The fraction of sp³-hybridized carbons (Fsp3) is 0.385. The van der Waals surface area contributed by atoms with Crippen LogP contribution in [-0.2, 0) is 26.0 Å². The van der Waals surface area contributed by atoms with Crippen LogP contribution in [-0.4, -0.2) is 38.1 Å².